The molecule has 1 saturated heterocycles. The quantitative estimate of drug-likeness (QED) is 0.906. The lowest BCUT2D eigenvalue weighted by Crippen LogP contribution is -2.42. The van der Waals surface area contributed by atoms with Crippen LogP contribution in [0.25, 0.3) is 0 Å². The lowest BCUT2D eigenvalue weighted by atomic mass is 10.0. The summed E-state index contributed by atoms with van der Waals surface area (Å²) in [7, 11) is 0. The zero-order valence-electron chi connectivity index (χ0n) is 12.7. The van der Waals surface area contributed by atoms with E-state index >= 15 is 0 Å². The molecule has 0 radical (unpaired) electrons. The minimum Gasteiger partial charge on any atom is -0.491 e. The molecular weight excluding hydrogens is 268 g/mol. The van der Waals surface area contributed by atoms with Gasteiger partial charge < -0.3 is 10.5 Å². The fourth-order valence-electron chi connectivity index (χ4n) is 2.69. The lowest BCUT2D eigenvalue weighted by Gasteiger charge is -2.36. The first-order chi connectivity index (χ1) is 9.60. The monoisotopic (exact) mass is 294 g/mol. The van der Waals surface area contributed by atoms with Crippen LogP contribution in [0.4, 0.5) is 0 Å². The van der Waals surface area contributed by atoms with E-state index in [1.54, 1.807) is 0 Å². The van der Waals surface area contributed by atoms with Gasteiger partial charge in [0.2, 0.25) is 0 Å². The molecule has 112 valence electrons. The van der Waals surface area contributed by atoms with Crippen molar-refractivity contribution in [2.75, 3.05) is 25.4 Å². The van der Waals surface area contributed by atoms with Crippen molar-refractivity contribution in [3.05, 3.63) is 29.8 Å². The molecule has 0 aromatic heterocycles. The first-order valence-corrected chi connectivity index (χ1v) is 8.47. The predicted molar refractivity (Wildman–Crippen MR) is 87.5 cm³/mol. The number of benzene rings is 1. The normalized spacial score (nSPS) is 21.9. The summed E-state index contributed by atoms with van der Waals surface area (Å²) < 4.78 is 5.79. The van der Waals surface area contributed by atoms with Crippen molar-refractivity contribution in [3.8, 4) is 5.75 Å². The molecule has 1 aromatic rings. The number of hydrogen-bond donors (Lipinski definition) is 1. The summed E-state index contributed by atoms with van der Waals surface area (Å²) in [6.45, 7) is 9.28. The number of thioether (sulfide) groups is 1. The average Bonchev–Trinajstić information content (AvgIpc) is 2.39. The van der Waals surface area contributed by atoms with Gasteiger partial charge in [-0.1, -0.05) is 19.1 Å². The second kappa shape index (κ2) is 7.34. The molecule has 0 amide bonds. The maximum atomic E-state index is 6.04. The zero-order valence-corrected chi connectivity index (χ0v) is 13.5. The van der Waals surface area contributed by atoms with E-state index in [1.807, 2.05) is 17.8 Å². The van der Waals surface area contributed by atoms with Gasteiger partial charge in [-0.2, -0.15) is 11.8 Å². The summed E-state index contributed by atoms with van der Waals surface area (Å²) in [5.74, 6) is 2.13. The van der Waals surface area contributed by atoms with Crippen LogP contribution in [0.15, 0.2) is 24.3 Å². The van der Waals surface area contributed by atoms with Gasteiger partial charge in [-0.05, 0) is 31.5 Å². The number of hydrogen-bond acceptors (Lipinski definition) is 4. The van der Waals surface area contributed by atoms with Crippen molar-refractivity contribution in [2.45, 2.75) is 38.2 Å². The van der Waals surface area contributed by atoms with Gasteiger partial charge in [0, 0.05) is 36.7 Å². The summed E-state index contributed by atoms with van der Waals surface area (Å²) in [5, 5.41) is 0.688. The molecule has 3 nitrogen and oxygen atoms in total. The molecular formula is C16H26N2OS. The summed E-state index contributed by atoms with van der Waals surface area (Å²) in [6, 6.07) is 8.69. The van der Waals surface area contributed by atoms with Crippen molar-refractivity contribution in [1.29, 1.82) is 0 Å². The van der Waals surface area contributed by atoms with Crippen LogP contribution in [0.5, 0.6) is 5.75 Å². The highest BCUT2D eigenvalue weighted by Gasteiger charge is 2.24. The Balaban J connectivity index is 2.14. The molecule has 0 saturated carbocycles. The van der Waals surface area contributed by atoms with Gasteiger partial charge in [0.15, 0.2) is 0 Å². The Morgan fingerprint density at radius 3 is 2.90 bits per heavy atom. The molecule has 1 aromatic carbocycles. The zero-order chi connectivity index (χ0) is 14.5. The van der Waals surface area contributed by atoms with E-state index in [0.717, 1.165) is 18.8 Å². The van der Waals surface area contributed by atoms with Gasteiger partial charge >= 0.3 is 0 Å². The van der Waals surface area contributed by atoms with E-state index in [1.165, 1.54) is 11.3 Å². The molecule has 20 heavy (non-hydrogen) atoms. The maximum Gasteiger partial charge on any atom is 0.120 e. The van der Waals surface area contributed by atoms with Gasteiger partial charge in [-0.25, -0.2) is 0 Å². The Morgan fingerprint density at radius 1 is 1.45 bits per heavy atom. The molecule has 1 aliphatic heterocycles. The minimum absolute atomic E-state index is 0.202. The van der Waals surface area contributed by atoms with E-state index in [-0.39, 0.29) is 6.10 Å². The van der Waals surface area contributed by atoms with Gasteiger partial charge in [0.25, 0.3) is 0 Å². The Bertz CT molecular complexity index is 425. The van der Waals surface area contributed by atoms with Crippen LogP contribution in [0.3, 0.4) is 0 Å². The molecule has 4 heteroatoms. The van der Waals surface area contributed by atoms with E-state index in [2.05, 4.69) is 43.9 Å². The van der Waals surface area contributed by atoms with E-state index in [9.17, 15) is 0 Å². The number of nitrogens with two attached hydrogens (primary N) is 1. The molecule has 2 rings (SSSR count). The average molecular weight is 294 g/mol. The van der Waals surface area contributed by atoms with Crippen LogP contribution in [0, 0.1) is 0 Å². The molecule has 2 atom stereocenters. The predicted octanol–water partition coefficient (Wildman–Crippen LogP) is 2.91. The molecule has 0 bridgehead atoms. The van der Waals surface area contributed by atoms with Crippen LogP contribution in [-0.4, -0.2) is 41.6 Å². The molecule has 0 spiro atoms. The van der Waals surface area contributed by atoms with Crippen LogP contribution >= 0.6 is 11.8 Å². The van der Waals surface area contributed by atoms with E-state index in [0.29, 0.717) is 17.8 Å². The second-order valence-electron chi connectivity index (χ2n) is 5.67. The standard InChI is InChI=1S/C16H26N2OS/c1-12(2)19-15-6-4-5-14(9-15)16(10-17)18-7-8-20-13(3)11-18/h4-6,9,12-13,16H,7-8,10-11,17H2,1-3H3. The van der Waals surface area contributed by atoms with Crippen molar-refractivity contribution in [1.82, 2.24) is 4.90 Å². The fraction of sp³-hybridized carbons (Fsp3) is 0.625. The second-order valence-corrected chi connectivity index (χ2v) is 7.21. The van der Waals surface area contributed by atoms with Crippen LogP contribution < -0.4 is 10.5 Å². The molecule has 0 aliphatic carbocycles. The van der Waals surface area contributed by atoms with Gasteiger partial charge in [0.1, 0.15) is 5.75 Å². The van der Waals surface area contributed by atoms with Crippen LogP contribution in [0.1, 0.15) is 32.4 Å². The topological polar surface area (TPSA) is 38.5 Å². The van der Waals surface area contributed by atoms with Gasteiger partial charge in [-0.3, -0.25) is 4.90 Å². The highest BCUT2D eigenvalue weighted by Crippen LogP contribution is 2.28. The van der Waals surface area contributed by atoms with E-state index in [4.69, 9.17) is 10.5 Å². The van der Waals surface area contributed by atoms with Crippen molar-refractivity contribution >= 4 is 11.8 Å². The van der Waals surface area contributed by atoms with Crippen molar-refractivity contribution in [2.24, 2.45) is 5.73 Å². The highest BCUT2D eigenvalue weighted by atomic mass is 32.2. The smallest absolute Gasteiger partial charge is 0.120 e. The van der Waals surface area contributed by atoms with Crippen molar-refractivity contribution in [3.63, 3.8) is 0 Å². The number of ether oxygens (including phenoxy) is 1. The first-order valence-electron chi connectivity index (χ1n) is 7.42. The fourth-order valence-corrected chi connectivity index (χ4v) is 3.73. The maximum absolute atomic E-state index is 6.04. The third-order valence-corrected chi connectivity index (χ3v) is 4.69. The largest absolute Gasteiger partial charge is 0.491 e. The highest BCUT2D eigenvalue weighted by molar-refractivity contribution is 7.99. The number of rotatable bonds is 5. The van der Waals surface area contributed by atoms with Crippen LogP contribution in [0.2, 0.25) is 0 Å². The molecule has 1 fully saturated rings. The van der Waals surface area contributed by atoms with Gasteiger partial charge in [0.05, 0.1) is 6.10 Å². The molecule has 2 N–H and O–H groups in total. The third-order valence-electron chi connectivity index (χ3n) is 3.55. The Labute approximate surface area is 126 Å². The molecule has 1 aliphatic rings. The molecule has 2 unspecified atom stereocenters. The Kier molecular flexibility index (Phi) is 5.75. The summed E-state index contributed by atoms with van der Waals surface area (Å²) in [6.07, 6.45) is 0.202. The first kappa shape index (κ1) is 15.7. The Hall–Kier alpha value is -0.710. The molecule has 1 heterocycles. The van der Waals surface area contributed by atoms with Crippen molar-refractivity contribution < 1.29 is 4.74 Å². The summed E-state index contributed by atoms with van der Waals surface area (Å²) in [5.41, 5.74) is 7.31. The number of nitrogens with zero attached hydrogens (tertiary/aromatic N) is 1. The summed E-state index contributed by atoms with van der Waals surface area (Å²) in [4.78, 5) is 2.51. The minimum atomic E-state index is 0.202. The summed E-state index contributed by atoms with van der Waals surface area (Å²) >= 11 is 2.05. The van der Waals surface area contributed by atoms with Gasteiger partial charge in [-0.15, -0.1) is 0 Å². The van der Waals surface area contributed by atoms with Crippen LogP contribution in [-0.2, 0) is 0 Å². The Morgan fingerprint density at radius 2 is 2.25 bits per heavy atom. The lowest BCUT2D eigenvalue weighted by molar-refractivity contribution is 0.209. The SMILES string of the molecule is CC(C)Oc1cccc(C(CN)N2CCSC(C)C2)c1. The third kappa shape index (κ3) is 4.14. The van der Waals surface area contributed by atoms with E-state index < -0.39 is 0 Å².